The summed E-state index contributed by atoms with van der Waals surface area (Å²) in [4.78, 5) is 4.91. The summed E-state index contributed by atoms with van der Waals surface area (Å²) in [7, 11) is 2.29. The van der Waals surface area contributed by atoms with Crippen molar-refractivity contribution < 1.29 is 4.40 Å². The number of nitrogens with zero attached hydrogens (tertiary/aromatic N) is 3. The first-order valence-corrected chi connectivity index (χ1v) is 13.9. The molecule has 178 valence electrons. The second-order valence-electron chi connectivity index (χ2n) is 11.2. The average Bonchev–Trinajstić information content (AvgIpc) is 3.22. The predicted octanol–water partition coefficient (Wildman–Crippen LogP) is 8.02. The van der Waals surface area contributed by atoms with Crippen LogP contribution in [0.15, 0.2) is 48.7 Å². The summed E-state index contributed by atoms with van der Waals surface area (Å²) in [6.45, 7) is 2.24. The Bertz CT molecular complexity index is 1580. The maximum absolute atomic E-state index is 4.91. The molecule has 7 rings (SSSR count). The molecule has 2 fully saturated rings. The van der Waals surface area contributed by atoms with E-state index in [1.54, 1.807) is 11.1 Å². The summed E-state index contributed by atoms with van der Waals surface area (Å²) in [6.07, 6.45) is 15.6. The molecule has 3 heteroatoms. The molecule has 2 saturated carbocycles. The van der Waals surface area contributed by atoms with Gasteiger partial charge < -0.3 is 0 Å². The zero-order valence-electron chi connectivity index (χ0n) is 21.2. The van der Waals surface area contributed by atoms with E-state index in [2.05, 4.69) is 65.4 Å². The van der Waals surface area contributed by atoms with Gasteiger partial charge >= 0.3 is 0 Å². The Morgan fingerprint density at radius 1 is 0.857 bits per heavy atom. The zero-order chi connectivity index (χ0) is 23.5. The molecule has 3 aromatic heterocycles. The molecule has 5 aromatic rings. The highest BCUT2D eigenvalue weighted by Gasteiger charge is 2.31. The summed E-state index contributed by atoms with van der Waals surface area (Å²) in [5.74, 6) is 1.38. The van der Waals surface area contributed by atoms with Gasteiger partial charge in [0.2, 0.25) is 0 Å². The molecule has 3 heterocycles. The Labute approximate surface area is 207 Å². The van der Waals surface area contributed by atoms with Crippen LogP contribution in [0.2, 0.25) is 0 Å². The normalized spacial score (nSPS) is 18.3. The summed E-state index contributed by atoms with van der Waals surface area (Å²) < 4.78 is 5.08. The smallest absolute Gasteiger partial charge is 0.255 e. The third kappa shape index (κ3) is 3.23. The summed E-state index contributed by atoms with van der Waals surface area (Å²) in [5.41, 5.74) is 11.0. The van der Waals surface area contributed by atoms with Crippen LogP contribution in [0.1, 0.15) is 92.7 Å². The molecule has 0 unspecified atom stereocenters. The van der Waals surface area contributed by atoms with Crippen molar-refractivity contribution in [2.75, 3.05) is 0 Å². The molecule has 0 N–H and O–H groups in total. The zero-order valence-corrected chi connectivity index (χ0v) is 21.2. The monoisotopic (exact) mass is 462 g/mol. The quantitative estimate of drug-likeness (QED) is 0.192. The molecule has 35 heavy (non-hydrogen) atoms. The van der Waals surface area contributed by atoms with Crippen LogP contribution in [0.3, 0.4) is 0 Å². The van der Waals surface area contributed by atoms with Gasteiger partial charge in [0.15, 0.2) is 11.0 Å². The highest BCUT2D eigenvalue weighted by Crippen LogP contribution is 2.41. The minimum Gasteiger partial charge on any atom is -0.255 e. The third-order valence-corrected chi connectivity index (χ3v) is 9.16. The van der Waals surface area contributed by atoms with Crippen molar-refractivity contribution in [1.29, 1.82) is 0 Å². The molecular formula is C32H36N3+. The van der Waals surface area contributed by atoms with Gasteiger partial charge in [0.1, 0.15) is 5.52 Å². The number of fused-ring (bicyclic) bond motifs is 8. The summed E-state index contributed by atoms with van der Waals surface area (Å²) in [5, 5.41) is 2.54. The molecule has 3 nitrogen and oxygen atoms in total. The number of aromatic nitrogens is 3. The highest BCUT2D eigenvalue weighted by atomic mass is 15.1. The van der Waals surface area contributed by atoms with Crippen molar-refractivity contribution in [2.45, 2.75) is 83.0 Å². The SMILES string of the molecule is Cc1ccnc2c3ccccc3[n+]3c4c(C5CCCCC5)cc(C5CCCCC5)cc4n(C)c3c12. The van der Waals surface area contributed by atoms with E-state index >= 15 is 0 Å². The maximum Gasteiger partial charge on any atom is 0.297 e. The molecule has 0 saturated heterocycles. The second kappa shape index (κ2) is 8.33. The first kappa shape index (κ1) is 21.4. The Kier molecular flexibility index (Phi) is 5.08. The molecule has 2 aliphatic rings. The van der Waals surface area contributed by atoms with Gasteiger partial charge in [0.25, 0.3) is 5.65 Å². The van der Waals surface area contributed by atoms with E-state index in [0.717, 1.165) is 11.4 Å². The number of aryl methyl sites for hydroxylation is 2. The summed E-state index contributed by atoms with van der Waals surface area (Å²) >= 11 is 0. The van der Waals surface area contributed by atoms with Crippen molar-refractivity contribution in [3.05, 3.63) is 65.4 Å². The number of benzene rings is 2. The Morgan fingerprint density at radius 3 is 2.34 bits per heavy atom. The number of rotatable bonds is 2. The molecule has 0 bridgehead atoms. The van der Waals surface area contributed by atoms with Crippen LogP contribution in [0.4, 0.5) is 0 Å². The fraction of sp³-hybridized carbons (Fsp3) is 0.438. The van der Waals surface area contributed by atoms with Crippen molar-refractivity contribution in [1.82, 2.24) is 9.55 Å². The Morgan fingerprint density at radius 2 is 1.57 bits per heavy atom. The van der Waals surface area contributed by atoms with Gasteiger partial charge in [0, 0.05) is 17.1 Å². The standard InChI is InChI=1S/C32H36N3/c1-21-17-18-33-30-25-15-9-10-16-27(25)35-31-26(23-13-7-4-8-14-23)19-24(22-11-5-3-6-12-22)20-28(31)34(2)32(35)29(21)30/h9-10,15-20,22-23H,3-8,11-14H2,1-2H3/q+1. The van der Waals surface area contributed by atoms with Crippen LogP contribution in [-0.2, 0) is 7.05 Å². The van der Waals surface area contributed by atoms with Gasteiger partial charge in [-0.3, -0.25) is 4.98 Å². The van der Waals surface area contributed by atoms with Crippen LogP contribution >= 0.6 is 0 Å². The van der Waals surface area contributed by atoms with Crippen molar-refractivity contribution >= 4 is 38.5 Å². The topological polar surface area (TPSA) is 21.9 Å². The lowest BCUT2D eigenvalue weighted by Gasteiger charge is -2.25. The van der Waals surface area contributed by atoms with Crippen LogP contribution in [0.25, 0.3) is 38.5 Å². The van der Waals surface area contributed by atoms with E-state index < -0.39 is 0 Å². The molecule has 0 aliphatic heterocycles. The van der Waals surface area contributed by atoms with Gasteiger partial charge in [-0.2, -0.15) is 4.40 Å². The molecule has 2 aliphatic carbocycles. The molecule has 0 radical (unpaired) electrons. The molecule has 0 atom stereocenters. The minimum atomic E-state index is 0.664. The lowest BCUT2D eigenvalue weighted by molar-refractivity contribution is -0.449. The van der Waals surface area contributed by atoms with Gasteiger partial charge in [-0.1, -0.05) is 56.7 Å². The van der Waals surface area contributed by atoms with Crippen LogP contribution < -0.4 is 4.40 Å². The maximum atomic E-state index is 4.91. The van der Waals surface area contributed by atoms with E-state index in [1.807, 2.05) is 6.20 Å². The first-order chi connectivity index (χ1) is 17.2. The van der Waals surface area contributed by atoms with E-state index in [-0.39, 0.29) is 0 Å². The first-order valence-electron chi connectivity index (χ1n) is 13.9. The van der Waals surface area contributed by atoms with E-state index in [1.165, 1.54) is 103 Å². The second-order valence-corrected chi connectivity index (χ2v) is 11.2. The van der Waals surface area contributed by atoms with Crippen molar-refractivity contribution in [2.24, 2.45) is 7.05 Å². The number of hydrogen-bond donors (Lipinski definition) is 0. The number of hydrogen-bond acceptors (Lipinski definition) is 1. The van der Waals surface area contributed by atoms with Gasteiger partial charge in [0.05, 0.1) is 18.0 Å². The fourth-order valence-electron chi connectivity index (χ4n) is 7.36. The lowest BCUT2D eigenvalue weighted by atomic mass is 9.79. The molecular weight excluding hydrogens is 426 g/mol. The fourth-order valence-corrected chi connectivity index (χ4v) is 7.36. The van der Waals surface area contributed by atoms with E-state index in [0.29, 0.717) is 5.92 Å². The predicted molar refractivity (Wildman–Crippen MR) is 145 cm³/mol. The van der Waals surface area contributed by atoms with E-state index in [4.69, 9.17) is 4.98 Å². The van der Waals surface area contributed by atoms with Crippen LogP contribution in [-0.4, -0.2) is 9.55 Å². The lowest BCUT2D eigenvalue weighted by Crippen LogP contribution is -2.25. The van der Waals surface area contributed by atoms with Gasteiger partial charge in [-0.25, -0.2) is 4.57 Å². The van der Waals surface area contributed by atoms with Gasteiger partial charge in [-0.05, 0) is 79.8 Å². The minimum absolute atomic E-state index is 0.664. The highest BCUT2D eigenvalue weighted by molar-refractivity contribution is 6.09. The largest absolute Gasteiger partial charge is 0.297 e. The van der Waals surface area contributed by atoms with E-state index in [9.17, 15) is 0 Å². The average molecular weight is 463 g/mol. The van der Waals surface area contributed by atoms with Crippen molar-refractivity contribution in [3.63, 3.8) is 0 Å². The third-order valence-electron chi connectivity index (χ3n) is 9.16. The van der Waals surface area contributed by atoms with Crippen LogP contribution in [0, 0.1) is 6.92 Å². The Balaban J connectivity index is 1.66. The Hall–Kier alpha value is -2.94. The van der Waals surface area contributed by atoms with Crippen LogP contribution in [0.5, 0.6) is 0 Å². The van der Waals surface area contributed by atoms with Crippen molar-refractivity contribution in [3.8, 4) is 0 Å². The van der Waals surface area contributed by atoms with Gasteiger partial charge in [-0.15, -0.1) is 0 Å². The number of pyridine rings is 2. The summed E-state index contributed by atoms with van der Waals surface area (Å²) in [6, 6.07) is 16.3. The molecule has 0 amide bonds. The number of para-hydroxylation sites is 1. The molecule has 2 aromatic carbocycles. The molecule has 0 spiro atoms. The number of imidazole rings is 1.